The van der Waals surface area contributed by atoms with Crippen LogP contribution < -0.4 is 9.47 Å². The Morgan fingerprint density at radius 1 is 1.07 bits per heavy atom. The lowest BCUT2D eigenvalue weighted by Gasteiger charge is -2.34. The molecule has 0 saturated heterocycles. The SMILES string of the molecule is C#C/C=C(OC)\C(=C/CC[C@@H]1CCC[C@H]2Cc3cc(OC)c(OC)cc3C12)OC. The first-order valence-electron chi connectivity index (χ1n) is 10.4. The molecule has 0 spiro atoms. The number of ether oxygens (including phenoxy) is 4. The Balaban J connectivity index is 1.78. The van der Waals surface area contributed by atoms with Gasteiger partial charge in [0.1, 0.15) is 0 Å². The van der Waals surface area contributed by atoms with Gasteiger partial charge in [-0.25, -0.2) is 0 Å². The zero-order valence-electron chi connectivity index (χ0n) is 18.0. The Labute approximate surface area is 174 Å². The van der Waals surface area contributed by atoms with Crippen LogP contribution in [0.3, 0.4) is 0 Å². The topological polar surface area (TPSA) is 36.9 Å². The van der Waals surface area contributed by atoms with Gasteiger partial charge in [0, 0.05) is 6.08 Å². The average molecular weight is 397 g/mol. The van der Waals surface area contributed by atoms with Gasteiger partial charge in [0.2, 0.25) is 0 Å². The van der Waals surface area contributed by atoms with Crippen LogP contribution in [-0.2, 0) is 15.9 Å². The number of hydrogen-bond donors (Lipinski definition) is 0. The third kappa shape index (κ3) is 4.40. The summed E-state index contributed by atoms with van der Waals surface area (Å²) in [5.41, 5.74) is 2.88. The molecule has 4 heteroatoms. The van der Waals surface area contributed by atoms with Gasteiger partial charge < -0.3 is 18.9 Å². The van der Waals surface area contributed by atoms with Gasteiger partial charge in [-0.2, -0.15) is 0 Å². The molecule has 0 heterocycles. The maximum absolute atomic E-state index is 5.58. The smallest absolute Gasteiger partial charge is 0.168 e. The van der Waals surface area contributed by atoms with E-state index in [0.29, 0.717) is 23.4 Å². The van der Waals surface area contributed by atoms with Crippen LogP contribution in [0.1, 0.15) is 49.1 Å². The molecule has 2 aliphatic carbocycles. The molecule has 0 aliphatic heterocycles. The second-order valence-corrected chi connectivity index (χ2v) is 7.82. The fraction of sp³-hybridized carbons (Fsp3) is 0.520. The van der Waals surface area contributed by atoms with Crippen molar-refractivity contribution >= 4 is 0 Å². The zero-order valence-corrected chi connectivity index (χ0v) is 18.0. The summed E-state index contributed by atoms with van der Waals surface area (Å²) in [6.07, 6.45) is 16.2. The monoisotopic (exact) mass is 396 g/mol. The summed E-state index contributed by atoms with van der Waals surface area (Å²) in [6.45, 7) is 0. The van der Waals surface area contributed by atoms with Gasteiger partial charge in [0.05, 0.1) is 28.4 Å². The van der Waals surface area contributed by atoms with Gasteiger partial charge in [-0.3, -0.25) is 0 Å². The maximum Gasteiger partial charge on any atom is 0.168 e. The van der Waals surface area contributed by atoms with Gasteiger partial charge >= 0.3 is 0 Å². The lowest BCUT2D eigenvalue weighted by Crippen LogP contribution is -2.23. The van der Waals surface area contributed by atoms with E-state index in [9.17, 15) is 0 Å². The summed E-state index contributed by atoms with van der Waals surface area (Å²) in [6, 6.07) is 4.40. The Hall–Kier alpha value is -2.54. The highest BCUT2D eigenvalue weighted by Gasteiger charge is 2.40. The molecule has 1 fully saturated rings. The van der Waals surface area contributed by atoms with Crippen LogP contribution in [-0.4, -0.2) is 28.4 Å². The van der Waals surface area contributed by atoms with Crippen LogP contribution in [0.5, 0.6) is 11.5 Å². The summed E-state index contributed by atoms with van der Waals surface area (Å²) < 4.78 is 21.9. The van der Waals surface area contributed by atoms with Crippen molar-refractivity contribution in [2.75, 3.05) is 28.4 Å². The number of hydrogen-bond acceptors (Lipinski definition) is 4. The molecular formula is C25H32O4. The zero-order chi connectivity index (χ0) is 20.8. The Kier molecular flexibility index (Phi) is 7.14. The number of fused-ring (bicyclic) bond motifs is 3. The van der Waals surface area contributed by atoms with E-state index in [1.54, 1.807) is 34.5 Å². The summed E-state index contributed by atoms with van der Waals surface area (Å²) in [5.74, 6) is 7.46. The van der Waals surface area contributed by atoms with Crippen molar-refractivity contribution in [1.82, 2.24) is 0 Å². The molecule has 1 aromatic carbocycles. The average Bonchev–Trinajstić information content (AvgIpc) is 3.12. The fourth-order valence-corrected chi connectivity index (χ4v) is 5.17. The van der Waals surface area contributed by atoms with Crippen LogP contribution in [0.15, 0.2) is 35.8 Å². The van der Waals surface area contributed by atoms with E-state index >= 15 is 0 Å². The third-order valence-corrected chi connectivity index (χ3v) is 6.42. The molecule has 3 rings (SSSR count). The number of methoxy groups -OCH3 is 4. The molecule has 0 amide bonds. The lowest BCUT2D eigenvalue weighted by molar-refractivity contribution is 0.214. The Bertz CT molecular complexity index is 815. The van der Waals surface area contributed by atoms with Crippen molar-refractivity contribution in [2.24, 2.45) is 11.8 Å². The van der Waals surface area contributed by atoms with E-state index in [1.165, 1.54) is 30.4 Å². The Morgan fingerprint density at radius 2 is 1.79 bits per heavy atom. The van der Waals surface area contributed by atoms with E-state index < -0.39 is 0 Å². The number of terminal acetylenes is 1. The summed E-state index contributed by atoms with van der Waals surface area (Å²) in [5, 5.41) is 0. The maximum atomic E-state index is 5.58. The first-order chi connectivity index (χ1) is 14.2. The molecule has 0 N–H and O–H groups in total. The fourth-order valence-electron chi connectivity index (χ4n) is 5.17. The van der Waals surface area contributed by atoms with Crippen LogP contribution >= 0.6 is 0 Å². The quantitative estimate of drug-likeness (QED) is 0.342. The van der Waals surface area contributed by atoms with E-state index in [2.05, 4.69) is 24.1 Å². The molecule has 3 atom stereocenters. The van der Waals surface area contributed by atoms with E-state index in [-0.39, 0.29) is 0 Å². The van der Waals surface area contributed by atoms with E-state index in [4.69, 9.17) is 25.4 Å². The number of rotatable bonds is 8. The third-order valence-electron chi connectivity index (χ3n) is 6.42. The van der Waals surface area contributed by atoms with Gasteiger partial charge in [-0.1, -0.05) is 12.3 Å². The predicted octanol–water partition coefficient (Wildman–Crippen LogP) is 5.23. The molecule has 0 radical (unpaired) electrons. The minimum Gasteiger partial charge on any atom is -0.493 e. The molecule has 0 bridgehead atoms. The predicted molar refractivity (Wildman–Crippen MR) is 115 cm³/mol. The van der Waals surface area contributed by atoms with Crippen LogP contribution in [0, 0.1) is 24.2 Å². The highest BCUT2D eigenvalue weighted by molar-refractivity contribution is 5.51. The lowest BCUT2D eigenvalue weighted by atomic mass is 9.70. The first-order valence-corrected chi connectivity index (χ1v) is 10.4. The molecule has 2 aliphatic rings. The van der Waals surface area contributed by atoms with Crippen LogP contribution in [0.4, 0.5) is 0 Å². The van der Waals surface area contributed by atoms with E-state index in [1.807, 2.05) is 0 Å². The molecule has 4 nitrogen and oxygen atoms in total. The second kappa shape index (κ2) is 9.78. The standard InChI is InChI=1S/C25H32O4/c1-6-9-21(26-2)22(27-3)13-8-11-17-10-7-12-18-14-19-15-23(28-4)24(29-5)16-20(19)25(17)18/h1,9,13,15-18,25H,7-8,10-12,14H2,2-5H3/b21-9+,22-13+/t17-,18-,25?/m0/s1. The molecular weight excluding hydrogens is 364 g/mol. The second-order valence-electron chi connectivity index (χ2n) is 7.82. The van der Waals surface area contributed by atoms with E-state index in [0.717, 1.165) is 36.7 Å². The number of benzene rings is 1. The van der Waals surface area contributed by atoms with Crippen LogP contribution in [0.2, 0.25) is 0 Å². The minimum atomic E-state index is 0.597. The summed E-state index contributed by atoms with van der Waals surface area (Å²) in [7, 11) is 6.68. The molecule has 1 unspecified atom stereocenters. The van der Waals surface area contributed by atoms with Gasteiger partial charge in [0.15, 0.2) is 23.0 Å². The van der Waals surface area contributed by atoms with Crippen molar-refractivity contribution in [2.45, 2.75) is 44.4 Å². The van der Waals surface area contributed by atoms with Gasteiger partial charge in [-0.05, 0) is 79.2 Å². The largest absolute Gasteiger partial charge is 0.493 e. The Morgan fingerprint density at radius 3 is 2.45 bits per heavy atom. The molecule has 1 aromatic rings. The molecule has 156 valence electrons. The van der Waals surface area contributed by atoms with Crippen molar-refractivity contribution < 1.29 is 18.9 Å². The highest BCUT2D eigenvalue weighted by Crippen LogP contribution is 2.53. The van der Waals surface area contributed by atoms with Crippen molar-refractivity contribution in [3.8, 4) is 23.8 Å². The number of allylic oxidation sites excluding steroid dienone is 2. The summed E-state index contributed by atoms with van der Waals surface area (Å²) in [4.78, 5) is 0. The van der Waals surface area contributed by atoms with Gasteiger partial charge in [-0.15, -0.1) is 6.42 Å². The van der Waals surface area contributed by atoms with Crippen molar-refractivity contribution in [1.29, 1.82) is 0 Å². The highest BCUT2D eigenvalue weighted by atomic mass is 16.5. The van der Waals surface area contributed by atoms with Crippen molar-refractivity contribution in [3.63, 3.8) is 0 Å². The molecule has 1 saturated carbocycles. The minimum absolute atomic E-state index is 0.597. The molecule has 29 heavy (non-hydrogen) atoms. The normalized spacial score (nSPS) is 23.6. The van der Waals surface area contributed by atoms with Gasteiger partial charge in [0.25, 0.3) is 0 Å². The first kappa shape index (κ1) is 21.2. The molecule has 0 aromatic heterocycles. The summed E-state index contributed by atoms with van der Waals surface area (Å²) >= 11 is 0. The van der Waals surface area contributed by atoms with Crippen molar-refractivity contribution in [3.05, 3.63) is 46.9 Å². The van der Waals surface area contributed by atoms with Crippen LogP contribution in [0.25, 0.3) is 0 Å².